The number of carbonyl (C=O) groups excluding carboxylic acids is 1. The molecule has 0 aliphatic rings. The van der Waals surface area contributed by atoms with Crippen molar-refractivity contribution in [3.63, 3.8) is 0 Å². The minimum atomic E-state index is -1.49. The fourth-order valence-electron chi connectivity index (χ4n) is 2.23. The molecule has 0 heterocycles. The van der Waals surface area contributed by atoms with Crippen molar-refractivity contribution in [2.24, 2.45) is 0 Å². The zero-order valence-electron chi connectivity index (χ0n) is 13.3. The first-order valence-electron chi connectivity index (χ1n) is 6.59. The predicted octanol–water partition coefficient (Wildman–Crippen LogP) is 1.47. The minimum Gasteiger partial charge on any atom is -0.478 e. The van der Waals surface area contributed by atoms with Crippen molar-refractivity contribution in [1.82, 2.24) is 0 Å². The Morgan fingerprint density at radius 2 is 1.67 bits per heavy atom. The van der Waals surface area contributed by atoms with Gasteiger partial charge in [-0.15, -0.1) is 0 Å². The van der Waals surface area contributed by atoms with Gasteiger partial charge in [-0.05, 0) is 25.5 Å². The minimum absolute atomic E-state index is 0.0618. The number of carboxylic acid groups (broad SMARTS) is 2. The van der Waals surface area contributed by atoms with Crippen molar-refractivity contribution in [3.05, 3.63) is 23.8 Å². The van der Waals surface area contributed by atoms with Crippen LogP contribution in [-0.4, -0.2) is 58.6 Å². The van der Waals surface area contributed by atoms with Crippen LogP contribution in [0.1, 0.15) is 27.2 Å². The predicted molar refractivity (Wildman–Crippen MR) is 78.8 cm³/mol. The van der Waals surface area contributed by atoms with Crippen LogP contribution in [0.5, 0.6) is 0 Å². The molecule has 0 spiro atoms. The lowest BCUT2D eigenvalue weighted by atomic mass is 9.88. The summed E-state index contributed by atoms with van der Waals surface area (Å²) in [7, 11) is 3.20. The molecule has 0 rings (SSSR count). The Labute approximate surface area is 125 Å². The molecular weight excluding hydrogens is 274 g/mol. The molecule has 1 atom stereocenters. The fraction of sp³-hybridized carbons (Fsp3) is 0.533. The van der Waals surface area contributed by atoms with Crippen molar-refractivity contribution in [1.29, 1.82) is 0 Å². The summed E-state index contributed by atoms with van der Waals surface area (Å²) in [4.78, 5) is 34.8. The fourth-order valence-corrected chi connectivity index (χ4v) is 2.23. The smallest absolute Gasteiger partial charge is 0.370 e. The van der Waals surface area contributed by atoms with E-state index in [0.29, 0.717) is 5.57 Å². The molecule has 0 saturated heterocycles. The van der Waals surface area contributed by atoms with E-state index in [1.54, 1.807) is 27.9 Å². The number of Topliss-reactive ketones (excluding diaryl/α,β-unsaturated/α-hetero) is 1. The SMILES string of the molecule is C=C(C)C(=O)C[N+](C)(C)C(C=C(C)C(=O)O)(CC)C(=O)O. The van der Waals surface area contributed by atoms with Gasteiger partial charge in [-0.2, -0.15) is 0 Å². The molecule has 0 aliphatic carbocycles. The van der Waals surface area contributed by atoms with Crippen LogP contribution in [0.15, 0.2) is 23.8 Å². The van der Waals surface area contributed by atoms with Crippen molar-refractivity contribution >= 4 is 17.7 Å². The summed E-state index contributed by atoms with van der Waals surface area (Å²) in [6.07, 6.45) is 1.38. The summed E-state index contributed by atoms with van der Waals surface area (Å²) >= 11 is 0. The molecule has 6 heteroatoms. The number of carboxylic acids is 2. The Morgan fingerprint density at radius 1 is 1.19 bits per heavy atom. The molecule has 0 saturated carbocycles. The molecule has 21 heavy (non-hydrogen) atoms. The molecule has 118 valence electrons. The van der Waals surface area contributed by atoms with E-state index in [4.69, 9.17) is 5.11 Å². The second-order valence-electron chi connectivity index (χ2n) is 5.76. The second kappa shape index (κ2) is 6.67. The first-order valence-corrected chi connectivity index (χ1v) is 6.59. The standard InChI is InChI=1S/C15H23NO5/c1-7-15(14(20)21,8-11(4)13(18)19)16(5,6)9-12(17)10(2)3/h8H,2,7,9H2,1,3-6H3,(H-,18,19,20,21)/p+1. The normalized spacial score (nSPS) is 15.2. The molecule has 0 aromatic rings. The molecule has 0 amide bonds. The summed E-state index contributed by atoms with van der Waals surface area (Å²) in [6, 6.07) is 0. The quantitative estimate of drug-likeness (QED) is 0.523. The van der Waals surface area contributed by atoms with E-state index in [1.807, 2.05) is 0 Å². The van der Waals surface area contributed by atoms with Gasteiger partial charge in [0.25, 0.3) is 0 Å². The van der Waals surface area contributed by atoms with Gasteiger partial charge in [0.1, 0.15) is 6.54 Å². The third-order valence-electron chi connectivity index (χ3n) is 3.80. The van der Waals surface area contributed by atoms with Crippen LogP contribution in [0.25, 0.3) is 0 Å². The van der Waals surface area contributed by atoms with Gasteiger partial charge in [0.2, 0.25) is 11.3 Å². The van der Waals surface area contributed by atoms with Gasteiger partial charge in [0, 0.05) is 12.0 Å². The van der Waals surface area contributed by atoms with Gasteiger partial charge in [0.05, 0.1) is 14.1 Å². The number of likely N-dealkylation sites (N-methyl/N-ethyl adjacent to an activating group) is 1. The third kappa shape index (κ3) is 4.01. The van der Waals surface area contributed by atoms with Crippen molar-refractivity contribution in [3.8, 4) is 0 Å². The zero-order chi connectivity index (χ0) is 17.0. The Bertz CT molecular complexity index is 504. The van der Waals surface area contributed by atoms with Crippen LogP contribution in [0.4, 0.5) is 0 Å². The lowest BCUT2D eigenvalue weighted by Crippen LogP contribution is -2.64. The maximum absolute atomic E-state index is 11.9. The highest BCUT2D eigenvalue weighted by Gasteiger charge is 2.50. The van der Waals surface area contributed by atoms with Crippen molar-refractivity contribution in [2.75, 3.05) is 20.6 Å². The number of carbonyl (C=O) groups is 3. The molecule has 1 unspecified atom stereocenters. The van der Waals surface area contributed by atoms with E-state index in [-0.39, 0.29) is 28.8 Å². The summed E-state index contributed by atoms with van der Waals surface area (Å²) in [6.45, 7) is 8.06. The molecule has 0 bridgehead atoms. The van der Waals surface area contributed by atoms with Gasteiger partial charge in [-0.3, -0.25) is 4.79 Å². The van der Waals surface area contributed by atoms with Crippen molar-refractivity contribution < 1.29 is 29.1 Å². The van der Waals surface area contributed by atoms with E-state index < -0.39 is 17.5 Å². The summed E-state index contributed by atoms with van der Waals surface area (Å²) in [5, 5.41) is 18.7. The summed E-state index contributed by atoms with van der Waals surface area (Å²) in [5.41, 5.74) is -1.21. The van der Waals surface area contributed by atoms with E-state index in [9.17, 15) is 19.5 Å². The van der Waals surface area contributed by atoms with Gasteiger partial charge < -0.3 is 14.7 Å². The number of nitrogens with zero attached hydrogens (tertiary/aromatic N) is 1. The van der Waals surface area contributed by atoms with E-state index in [1.165, 1.54) is 13.0 Å². The Kier molecular flexibility index (Phi) is 6.05. The van der Waals surface area contributed by atoms with E-state index in [2.05, 4.69) is 6.58 Å². The zero-order valence-corrected chi connectivity index (χ0v) is 13.3. The highest BCUT2D eigenvalue weighted by Crippen LogP contribution is 2.29. The number of hydrogen-bond donors (Lipinski definition) is 2. The Balaban J connectivity index is 5.97. The highest BCUT2D eigenvalue weighted by atomic mass is 16.4. The van der Waals surface area contributed by atoms with Crippen molar-refractivity contribution in [2.45, 2.75) is 32.7 Å². The molecule has 0 aromatic heterocycles. The third-order valence-corrected chi connectivity index (χ3v) is 3.80. The maximum Gasteiger partial charge on any atom is 0.370 e. The molecular formula is C15H24NO5+. The molecule has 6 nitrogen and oxygen atoms in total. The molecule has 0 aliphatic heterocycles. The average molecular weight is 298 g/mol. The van der Waals surface area contributed by atoms with Gasteiger partial charge >= 0.3 is 11.9 Å². The number of quaternary nitrogens is 1. The van der Waals surface area contributed by atoms with Crippen LogP contribution in [-0.2, 0) is 14.4 Å². The van der Waals surface area contributed by atoms with Crippen LogP contribution in [0.2, 0.25) is 0 Å². The monoisotopic (exact) mass is 298 g/mol. The summed E-state index contributed by atoms with van der Waals surface area (Å²) < 4.78 is -0.185. The van der Waals surface area contributed by atoms with Crippen LogP contribution in [0.3, 0.4) is 0 Å². The van der Waals surface area contributed by atoms with Crippen LogP contribution < -0.4 is 0 Å². The molecule has 0 radical (unpaired) electrons. The topological polar surface area (TPSA) is 91.7 Å². The highest BCUT2D eigenvalue weighted by molar-refractivity contribution is 5.95. The number of aliphatic carboxylic acids is 2. The van der Waals surface area contributed by atoms with Gasteiger partial charge in [0.15, 0.2) is 0 Å². The first kappa shape index (κ1) is 19.1. The Hall–Kier alpha value is -1.95. The van der Waals surface area contributed by atoms with Crippen LogP contribution in [0, 0.1) is 0 Å². The molecule has 2 N–H and O–H groups in total. The maximum atomic E-state index is 11.9. The lowest BCUT2D eigenvalue weighted by molar-refractivity contribution is -0.917. The van der Waals surface area contributed by atoms with Crippen LogP contribution >= 0.6 is 0 Å². The van der Waals surface area contributed by atoms with Gasteiger partial charge in [-0.1, -0.05) is 13.5 Å². The van der Waals surface area contributed by atoms with E-state index in [0.717, 1.165) is 0 Å². The molecule has 0 fully saturated rings. The lowest BCUT2D eigenvalue weighted by Gasteiger charge is -2.43. The second-order valence-corrected chi connectivity index (χ2v) is 5.76. The van der Waals surface area contributed by atoms with Gasteiger partial charge in [-0.25, -0.2) is 9.59 Å². The molecule has 0 aromatic carbocycles. The average Bonchev–Trinajstić information content (AvgIpc) is 2.33. The number of hydrogen-bond acceptors (Lipinski definition) is 3. The largest absolute Gasteiger partial charge is 0.478 e. The van der Waals surface area contributed by atoms with E-state index >= 15 is 0 Å². The Morgan fingerprint density at radius 3 is 1.95 bits per heavy atom. The number of rotatable bonds is 8. The number of ketones is 1. The summed E-state index contributed by atoms with van der Waals surface area (Å²) in [5.74, 6) is -2.59. The first-order chi connectivity index (χ1) is 9.41.